The average Bonchev–Trinajstić information content (AvgIpc) is 2.82. The van der Waals surface area contributed by atoms with Crippen molar-refractivity contribution in [3.8, 4) is 0 Å². The van der Waals surface area contributed by atoms with E-state index < -0.39 is 44.6 Å². The van der Waals surface area contributed by atoms with E-state index in [1.807, 2.05) is 0 Å². The minimum Gasteiger partial charge on any atom is -0.385 e. The largest absolute Gasteiger partial charge is 0.477 e. The first kappa shape index (κ1) is 20.1. The molecule has 1 fully saturated rings. The van der Waals surface area contributed by atoms with E-state index in [1.165, 1.54) is 4.90 Å². The van der Waals surface area contributed by atoms with Crippen molar-refractivity contribution in [2.75, 3.05) is 13.7 Å². The van der Waals surface area contributed by atoms with Crippen LogP contribution in [0.3, 0.4) is 0 Å². The summed E-state index contributed by atoms with van der Waals surface area (Å²) in [7, 11) is -2.85. The Morgan fingerprint density at radius 1 is 1.44 bits per heavy atom. The zero-order valence-electron chi connectivity index (χ0n) is 14.1. The Morgan fingerprint density at radius 3 is 2.68 bits per heavy atom. The predicted octanol–water partition coefficient (Wildman–Crippen LogP) is -0.172. The van der Waals surface area contributed by atoms with Gasteiger partial charge < -0.3 is 25.6 Å². The van der Waals surface area contributed by atoms with Crippen molar-refractivity contribution in [2.24, 2.45) is 5.73 Å². The van der Waals surface area contributed by atoms with Crippen LogP contribution >= 0.6 is 7.82 Å². The van der Waals surface area contributed by atoms with Gasteiger partial charge in [0.05, 0.1) is 12.6 Å². The van der Waals surface area contributed by atoms with Gasteiger partial charge >= 0.3 is 7.82 Å². The highest BCUT2D eigenvalue weighted by Crippen LogP contribution is 2.52. The maximum Gasteiger partial charge on any atom is 0.477 e. The monoisotopic (exact) mass is 378 g/mol. The van der Waals surface area contributed by atoms with Gasteiger partial charge in [-0.2, -0.15) is 0 Å². The van der Waals surface area contributed by atoms with Crippen molar-refractivity contribution >= 4 is 13.7 Å². The molecule has 2 aliphatic rings. The predicted molar refractivity (Wildman–Crippen MR) is 85.7 cm³/mol. The number of primary amides is 1. The first-order valence-electron chi connectivity index (χ1n) is 7.64. The number of hydrogen-bond donors (Lipinski definition) is 3. The Kier molecular flexibility index (Phi) is 6.39. The molecule has 11 heteroatoms. The minimum absolute atomic E-state index is 0.0808. The van der Waals surface area contributed by atoms with E-state index in [2.05, 4.69) is 0 Å². The van der Waals surface area contributed by atoms with Gasteiger partial charge in [0.25, 0.3) is 0 Å². The van der Waals surface area contributed by atoms with E-state index in [0.29, 0.717) is 5.57 Å². The number of carbonyl (C=O) groups excluding carboxylic acids is 1. The van der Waals surface area contributed by atoms with Gasteiger partial charge in [0.15, 0.2) is 12.5 Å². The van der Waals surface area contributed by atoms with Gasteiger partial charge in [-0.15, -0.1) is 0 Å². The van der Waals surface area contributed by atoms with E-state index in [9.17, 15) is 19.6 Å². The number of phosphoric acid groups is 1. The van der Waals surface area contributed by atoms with Crippen LogP contribution in [0.4, 0.5) is 0 Å². The lowest BCUT2D eigenvalue weighted by Crippen LogP contribution is -2.43. The molecule has 5 atom stereocenters. The molecular weight excluding hydrogens is 355 g/mol. The number of hydrogen-bond acceptors (Lipinski definition) is 9. The smallest absolute Gasteiger partial charge is 0.385 e. The Morgan fingerprint density at radius 2 is 2.12 bits per heavy atom. The van der Waals surface area contributed by atoms with Crippen LogP contribution in [0.5, 0.6) is 0 Å². The summed E-state index contributed by atoms with van der Waals surface area (Å²) in [5.41, 5.74) is 5.56. The van der Waals surface area contributed by atoms with Crippen molar-refractivity contribution in [1.82, 2.24) is 4.90 Å². The minimum atomic E-state index is -3.98. The number of nitrogens with two attached hydrogens (primary N) is 1. The number of allylic oxidation sites excluding steroid dienone is 2. The molecule has 142 valence electrons. The number of ether oxygens (including phenoxy) is 1. The number of aliphatic hydroxyl groups is 2. The molecule has 2 rings (SSSR count). The summed E-state index contributed by atoms with van der Waals surface area (Å²) in [4.78, 5) is 12.8. The number of rotatable bonds is 7. The number of phosphoric ester groups is 1. The Balaban J connectivity index is 2.08. The number of nitrogens with zero attached hydrogens (tertiary/aromatic N) is 1. The molecule has 0 aromatic heterocycles. The lowest BCUT2D eigenvalue weighted by molar-refractivity contribution is -0.148. The van der Waals surface area contributed by atoms with E-state index in [0.717, 1.165) is 7.11 Å². The molecule has 0 saturated carbocycles. The molecule has 0 bridgehead atoms. The van der Waals surface area contributed by atoms with Crippen molar-refractivity contribution in [1.29, 1.82) is 0 Å². The van der Waals surface area contributed by atoms with Gasteiger partial charge in [0.1, 0.15) is 12.2 Å². The van der Waals surface area contributed by atoms with E-state index >= 15 is 0 Å². The Bertz CT molecular complexity index is 608. The fourth-order valence-corrected chi connectivity index (χ4v) is 3.56. The lowest BCUT2D eigenvalue weighted by atomic mass is 10.1. The molecule has 10 nitrogen and oxygen atoms in total. The second-order valence-electron chi connectivity index (χ2n) is 5.84. The summed E-state index contributed by atoms with van der Waals surface area (Å²) in [6.07, 6.45) is -1.16. The van der Waals surface area contributed by atoms with Crippen LogP contribution < -0.4 is 5.73 Å². The standard InChI is InChI=1S/C14H23N2O8P/c1-8(2)23-25(20,21-3)24-14-11(18)10(17)13(22-14)16-6-4-5-9(7-16)12(15)19/h4-6,8,10-11,13-14,17-18H,7H2,1-3H3,(H2,15,19)/t10-,11+,13-,14-,25?/m1/s1. The zero-order valence-corrected chi connectivity index (χ0v) is 15.0. The maximum absolute atomic E-state index is 12.4. The zero-order chi connectivity index (χ0) is 18.8. The van der Waals surface area contributed by atoms with Gasteiger partial charge in [0, 0.05) is 18.9 Å². The van der Waals surface area contributed by atoms with Crippen molar-refractivity contribution in [3.63, 3.8) is 0 Å². The van der Waals surface area contributed by atoms with Gasteiger partial charge in [-0.25, -0.2) is 4.57 Å². The van der Waals surface area contributed by atoms with Crippen molar-refractivity contribution < 1.29 is 37.9 Å². The topological polar surface area (TPSA) is 141 Å². The summed E-state index contributed by atoms with van der Waals surface area (Å²) in [5.74, 6) is -0.607. The Hall–Kier alpha value is -1.26. The highest BCUT2D eigenvalue weighted by atomic mass is 31.2. The van der Waals surface area contributed by atoms with E-state index in [4.69, 9.17) is 24.0 Å². The molecule has 4 N–H and O–H groups in total. The molecule has 0 spiro atoms. The average molecular weight is 378 g/mol. The molecule has 0 aromatic rings. The summed E-state index contributed by atoms with van der Waals surface area (Å²) in [6, 6.07) is 0. The van der Waals surface area contributed by atoms with Crippen LogP contribution in [-0.2, 0) is 27.7 Å². The van der Waals surface area contributed by atoms with Crippen LogP contribution in [0.2, 0.25) is 0 Å². The summed E-state index contributed by atoms with van der Waals surface area (Å²) in [6.45, 7) is 3.35. The lowest BCUT2D eigenvalue weighted by Gasteiger charge is -2.31. The van der Waals surface area contributed by atoms with Crippen molar-refractivity contribution in [3.05, 3.63) is 23.9 Å². The van der Waals surface area contributed by atoms with Crippen LogP contribution in [0, 0.1) is 0 Å². The fraction of sp³-hybridized carbons (Fsp3) is 0.643. The van der Waals surface area contributed by atoms with Gasteiger partial charge in [-0.3, -0.25) is 18.4 Å². The number of amides is 1. The highest BCUT2D eigenvalue weighted by Gasteiger charge is 2.49. The highest BCUT2D eigenvalue weighted by molar-refractivity contribution is 7.48. The SMILES string of the molecule is COP(=O)(OC(C)C)O[C@H]1O[C@@H](N2C=CC=C(C(N)=O)C2)[C@H](O)[C@@H]1O. The third-order valence-electron chi connectivity index (χ3n) is 3.56. The molecule has 1 unspecified atom stereocenters. The van der Waals surface area contributed by atoms with Gasteiger partial charge in [0.2, 0.25) is 5.91 Å². The third-order valence-corrected chi connectivity index (χ3v) is 5.16. The molecule has 1 amide bonds. The first-order chi connectivity index (χ1) is 11.7. The number of carbonyl (C=O) groups is 1. The second kappa shape index (κ2) is 7.96. The van der Waals surface area contributed by atoms with Crippen LogP contribution in [0.25, 0.3) is 0 Å². The van der Waals surface area contributed by atoms with Gasteiger partial charge in [-0.1, -0.05) is 6.08 Å². The summed E-state index contributed by atoms with van der Waals surface area (Å²) in [5, 5.41) is 20.4. The van der Waals surface area contributed by atoms with Crippen LogP contribution in [0.15, 0.2) is 23.9 Å². The van der Waals surface area contributed by atoms with Crippen LogP contribution in [0.1, 0.15) is 13.8 Å². The fourth-order valence-electron chi connectivity index (χ4n) is 2.39. The second-order valence-corrected chi connectivity index (χ2v) is 7.52. The molecule has 0 aromatic carbocycles. The summed E-state index contributed by atoms with van der Waals surface area (Å²) >= 11 is 0. The van der Waals surface area contributed by atoms with E-state index in [1.54, 1.807) is 32.2 Å². The molecule has 1 saturated heterocycles. The van der Waals surface area contributed by atoms with E-state index in [-0.39, 0.29) is 6.54 Å². The first-order valence-corrected chi connectivity index (χ1v) is 9.10. The quantitative estimate of drug-likeness (QED) is 0.515. The molecule has 25 heavy (non-hydrogen) atoms. The summed E-state index contributed by atoms with van der Waals surface area (Å²) < 4.78 is 32.9. The third kappa shape index (κ3) is 4.68. The molecule has 2 heterocycles. The normalized spacial score (nSPS) is 31.9. The van der Waals surface area contributed by atoms with Crippen LogP contribution in [-0.4, -0.2) is 65.5 Å². The molecular formula is C14H23N2O8P. The molecule has 2 aliphatic heterocycles. The molecule has 0 aliphatic carbocycles. The number of aliphatic hydroxyl groups excluding tert-OH is 2. The molecule has 0 radical (unpaired) electrons. The maximum atomic E-state index is 12.4. The van der Waals surface area contributed by atoms with Crippen molar-refractivity contribution in [2.45, 2.75) is 44.7 Å². The Labute approximate surface area is 145 Å². The van der Waals surface area contributed by atoms with Gasteiger partial charge in [-0.05, 0) is 19.9 Å².